The summed E-state index contributed by atoms with van der Waals surface area (Å²) in [6.07, 6.45) is 5.00. The van der Waals surface area contributed by atoms with Gasteiger partial charge in [0, 0.05) is 55.5 Å². The van der Waals surface area contributed by atoms with E-state index in [1.807, 2.05) is 12.1 Å². The van der Waals surface area contributed by atoms with Crippen LogP contribution in [-0.2, 0) is 4.79 Å². The molecule has 1 fully saturated rings. The summed E-state index contributed by atoms with van der Waals surface area (Å²) >= 11 is 0. The van der Waals surface area contributed by atoms with Gasteiger partial charge in [-0.2, -0.15) is 4.98 Å². The van der Waals surface area contributed by atoms with Crippen LogP contribution in [0.4, 0.5) is 39.3 Å². The largest absolute Gasteiger partial charge is 0.494 e. The second-order valence-corrected chi connectivity index (χ2v) is 9.69. The van der Waals surface area contributed by atoms with E-state index in [-0.39, 0.29) is 5.91 Å². The molecule has 0 saturated carbocycles. The Bertz CT molecular complexity index is 1350. The standard InChI is InChI=1S/C29H36N8O3/c1-6-27(38)31-20-8-7-9-21(18-20)32-29(39)36(4)26-12-15-30-28(34-26)33-24-11-10-23(19-25(24)40-5)37-16-13-22(14-17-37)35(2)3/h6-12,15,18-19,22H,1,13-14,16-17H2,2-5H3,(H,31,38)(H,32,39)(H,30,33,34). The van der Waals surface area contributed by atoms with Gasteiger partial charge < -0.3 is 30.5 Å². The highest BCUT2D eigenvalue weighted by atomic mass is 16.5. The predicted octanol–water partition coefficient (Wildman–Crippen LogP) is 4.55. The van der Waals surface area contributed by atoms with Gasteiger partial charge in [-0.3, -0.25) is 9.69 Å². The average molecular weight is 545 g/mol. The van der Waals surface area contributed by atoms with E-state index in [2.05, 4.69) is 62.5 Å². The van der Waals surface area contributed by atoms with Crippen molar-refractivity contribution in [3.05, 3.63) is 67.4 Å². The number of benzene rings is 2. The summed E-state index contributed by atoms with van der Waals surface area (Å²) in [5.74, 6) is 1.06. The van der Waals surface area contributed by atoms with Crippen LogP contribution < -0.4 is 30.5 Å². The van der Waals surface area contributed by atoms with E-state index in [9.17, 15) is 9.59 Å². The van der Waals surface area contributed by atoms with Gasteiger partial charge in [-0.25, -0.2) is 9.78 Å². The number of nitrogens with one attached hydrogen (secondary N) is 3. The van der Waals surface area contributed by atoms with Crippen LogP contribution in [0.1, 0.15) is 12.8 Å². The smallest absolute Gasteiger partial charge is 0.327 e. The maximum atomic E-state index is 12.9. The molecule has 2 heterocycles. The molecule has 3 amide bonds. The third kappa shape index (κ3) is 7.06. The van der Waals surface area contributed by atoms with E-state index < -0.39 is 6.03 Å². The average Bonchev–Trinajstić information content (AvgIpc) is 2.97. The van der Waals surface area contributed by atoms with Crippen LogP contribution in [0.5, 0.6) is 5.75 Å². The fourth-order valence-electron chi connectivity index (χ4n) is 4.52. The maximum Gasteiger partial charge on any atom is 0.327 e. The molecule has 40 heavy (non-hydrogen) atoms. The zero-order valence-corrected chi connectivity index (χ0v) is 23.3. The second kappa shape index (κ2) is 12.9. The number of anilines is 6. The molecule has 0 radical (unpaired) electrons. The minimum Gasteiger partial charge on any atom is -0.494 e. The molecule has 0 atom stereocenters. The highest BCUT2D eigenvalue weighted by Crippen LogP contribution is 2.33. The van der Waals surface area contributed by atoms with Crippen LogP contribution in [-0.4, -0.2) is 74.2 Å². The number of hydrogen-bond acceptors (Lipinski definition) is 8. The molecular formula is C29H36N8O3. The fourth-order valence-corrected chi connectivity index (χ4v) is 4.52. The molecule has 11 heteroatoms. The molecule has 11 nitrogen and oxygen atoms in total. The SMILES string of the molecule is C=CC(=O)Nc1cccc(NC(=O)N(C)c2ccnc(Nc3ccc(N4CCC(N(C)C)CC4)cc3OC)n2)c1. The number of methoxy groups -OCH3 is 1. The first kappa shape index (κ1) is 28.4. The molecule has 4 rings (SSSR count). The Morgan fingerprint density at radius 2 is 1.77 bits per heavy atom. The second-order valence-electron chi connectivity index (χ2n) is 9.69. The molecule has 0 unspecified atom stereocenters. The van der Waals surface area contributed by atoms with Crippen molar-refractivity contribution in [2.24, 2.45) is 0 Å². The number of urea groups is 1. The first-order chi connectivity index (χ1) is 19.3. The van der Waals surface area contributed by atoms with E-state index in [4.69, 9.17) is 4.74 Å². The van der Waals surface area contributed by atoms with Crippen LogP contribution in [0.3, 0.4) is 0 Å². The number of piperidine rings is 1. The molecule has 1 aliphatic rings. The fraction of sp³-hybridized carbons (Fsp3) is 0.310. The molecule has 0 aliphatic carbocycles. The Balaban J connectivity index is 1.42. The van der Waals surface area contributed by atoms with Crippen LogP contribution in [0.2, 0.25) is 0 Å². The van der Waals surface area contributed by atoms with Gasteiger partial charge in [-0.1, -0.05) is 12.6 Å². The molecule has 1 aromatic heterocycles. The normalized spacial score (nSPS) is 13.5. The monoisotopic (exact) mass is 544 g/mol. The molecule has 0 bridgehead atoms. The lowest BCUT2D eigenvalue weighted by Gasteiger charge is -2.36. The van der Waals surface area contributed by atoms with Crippen molar-refractivity contribution in [2.45, 2.75) is 18.9 Å². The number of carbonyl (C=O) groups excluding carboxylic acids is 2. The highest BCUT2D eigenvalue weighted by Gasteiger charge is 2.22. The summed E-state index contributed by atoms with van der Waals surface area (Å²) < 4.78 is 5.67. The number of aromatic nitrogens is 2. The van der Waals surface area contributed by atoms with E-state index in [0.717, 1.165) is 37.3 Å². The van der Waals surface area contributed by atoms with Crippen molar-refractivity contribution in [1.82, 2.24) is 14.9 Å². The summed E-state index contributed by atoms with van der Waals surface area (Å²) in [6.45, 7) is 5.43. The number of carbonyl (C=O) groups is 2. The van der Waals surface area contributed by atoms with Crippen molar-refractivity contribution in [1.29, 1.82) is 0 Å². The van der Waals surface area contributed by atoms with Crippen molar-refractivity contribution in [2.75, 3.05) is 67.1 Å². The number of rotatable bonds is 9. The minimum atomic E-state index is -0.406. The predicted molar refractivity (Wildman–Crippen MR) is 160 cm³/mol. The van der Waals surface area contributed by atoms with Gasteiger partial charge in [0.2, 0.25) is 11.9 Å². The Labute approximate surface area is 234 Å². The van der Waals surface area contributed by atoms with Crippen molar-refractivity contribution in [3.8, 4) is 5.75 Å². The van der Waals surface area contributed by atoms with Crippen LogP contribution in [0.15, 0.2) is 67.4 Å². The van der Waals surface area contributed by atoms with Gasteiger partial charge in [-0.15, -0.1) is 0 Å². The maximum absolute atomic E-state index is 12.9. The van der Waals surface area contributed by atoms with Crippen LogP contribution in [0.25, 0.3) is 0 Å². The lowest BCUT2D eigenvalue weighted by molar-refractivity contribution is -0.111. The molecule has 1 saturated heterocycles. The highest BCUT2D eigenvalue weighted by molar-refractivity contribution is 6.02. The zero-order valence-electron chi connectivity index (χ0n) is 23.3. The Kier molecular flexibility index (Phi) is 9.18. The van der Waals surface area contributed by atoms with Crippen molar-refractivity contribution < 1.29 is 14.3 Å². The zero-order chi connectivity index (χ0) is 28.6. The number of nitrogens with zero attached hydrogens (tertiary/aromatic N) is 5. The lowest BCUT2D eigenvalue weighted by atomic mass is 10.0. The molecule has 3 aromatic rings. The topological polar surface area (TPSA) is 115 Å². The quantitative estimate of drug-likeness (QED) is 0.336. The van der Waals surface area contributed by atoms with Gasteiger partial charge in [0.25, 0.3) is 0 Å². The Morgan fingerprint density at radius 3 is 2.45 bits per heavy atom. The van der Waals surface area contributed by atoms with Gasteiger partial charge in [0.15, 0.2) is 0 Å². The summed E-state index contributed by atoms with van der Waals surface area (Å²) in [4.78, 5) is 39.4. The number of ether oxygens (including phenoxy) is 1. The first-order valence-corrected chi connectivity index (χ1v) is 13.0. The van der Waals surface area contributed by atoms with E-state index in [1.54, 1.807) is 50.7 Å². The van der Waals surface area contributed by atoms with Crippen LogP contribution >= 0.6 is 0 Å². The third-order valence-corrected chi connectivity index (χ3v) is 6.85. The Hall–Kier alpha value is -4.64. The first-order valence-electron chi connectivity index (χ1n) is 13.0. The Morgan fingerprint density at radius 1 is 1.05 bits per heavy atom. The minimum absolute atomic E-state index is 0.323. The van der Waals surface area contributed by atoms with Crippen LogP contribution in [0, 0.1) is 0 Å². The van der Waals surface area contributed by atoms with Crippen molar-refractivity contribution in [3.63, 3.8) is 0 Å². The molecule has 1 aliphatic heterocycles. The van der Waals surface area contributed by atoms with Gasteiger partial charge in [-0.05, 0) is 69.4 Å². The molecular weight excluding hydrogens is 508 g/mol. The lowest BCUT2D eigenvalue weighted by Crippen LogP contribution is -2.41. The summed E-state index contributed by atoms with van der Waals surface area (Å²) in [7, 11) is 7.52. The molecule has 2 aromatic carbocycles. The van der Waals surface area contributed by atoms with E-state index in [0.29, 0.717) is 34.9 Å². The van der Waals surface area contributed by atoms with E-state index >= 15 is 0 Å². The summed E-state index contributed by atoms with van der Waals surface area (Å²) in [6, 6.07) is 14.7. The number of amides is 3. The molecule has 0 spiro atoms. The third-order valence-electron chi connectivity index (χ3n) is 6.85. The molecule has 210 valence electrons. The van der Waals surface area contributed by atoms with Gasteiger partial charge in [0.05, 0.1) is 12.8 Å². The van der Waals surface area contributed by atoms with Crippen molar-refractivity contribution >= 4 is 46.5 Å². The summed E-state index contributed by atoms with van der Waals surface area (Å²) in [5.41, 5.74) is 2.88. The number of hydrogen-bond donors (Lipinski definition) is 3. The van der Waals surface area contributed by atoms with Gasteiger partial charge in [0.1, 0.15) is 11.6 Å². The van der Waals surface area contributed by atoms with Gasteiger partial charge >= 0.3 is 6.03 Å². The summed E-state index contributed by atoms with van der Waals surface area (Å²) in [5, 5.41) is 8.69. The molecule has 3 N–H and O–H groups in total. The van der Waals surface area contributed by atoms with E-state index in [1.165, 1.54) is 11.0 Å².